The molecule has 1 amide bonds. The average Bonchev–Trinajstić information content (AvgIpc) is 2.78. The number of halogens is 1. The summed E-state index contributed by atoms with van der Waals surface area (Å²) in [5.74, 6) is 0.797. The maximum absolute atomic E-state index is 12.6. The molecule has 150 valence electrons. The monoisotopic (exact) mass is 433 g/mol. The van der Waals surface area contributed by atoms with Gasteiger partial charge >= 0.3 is 0 Å². The quantitative estimate of drug-likeness (QED) is 0.288. The van der Waals surface area contributed by atoms with E-state index in [-0.39, 0.29) is 11.7 Å². The van der Waals surface area contributed by atoms with Gasteiger partial charge in [0, 0.05) is 21.7 Å². The predicted octanol–water partition coefficient (Wildman–Crippen LogP) is 6.24. The number of fused-ring (bicyclic) bond motifs is 1. The van der Waals surface area contributed by atoms with Crippen molar-refractivity contribution in [3.63, 3.8) is 0 Å². The lowest BCUT2D eigenvalue weighted by molar-refractivity contribution is -0.113. The van der Waals surface area contributed by atoms with E-state index in [0.29, 0.717) is 10.8 Å². The third kappa shape index (κ3) is 4.64. The number of amides is 1. The average molecular weight is 434 g/mol. The van der Waals surface area contributed by atoms with Crippen LogP contribution in [0.1, 0.15) is 12.5 Å². The fourth-order valence-corrected chi connectivity index (χ4v) is 4.15. The van der Waals surface area contributed by atoms with Crippen molar-refractivity contribution in [2.45, 2.75) is 18.4 Å². The number of carbonyl (C=O) groups excluding carboxylic acids is 1. The highest BCUT2D eigenvalue weighted by Crippen LogP contribution is 2.30. The number of nitrogens with one attached hydrogen (secondary N) is 1. The lowest BCUT2D eigenvalue weighted by Gasteiger charge is -2.11. The molecule has 0 bridgehead atoms. The Morgan fingerprint density at radius 1 is 1.00 bits per heavy atom. The first-order valence-electron chi connectivity index (χ1n) is 9.67. The van der Waals surface area contributed by atoms with Crippen LogP contribution in [0.2, 0.25) is 5.02 Å². The molecule has 0 saturated carbocycles. The van der Waals surface area contributed by atoms with Gasteiger partial charge in [-0.25, -0.2) is 9.97 Å². The van der Waals surface area contributed by atoms with E-state index < -0.39 is 0 Å². The maximum Gasteiger partial charge on any atom is 0.234 e. The summed E-state index contributed by atoms with van der Waals surface area (Å²) in [6.07, 6.45) is 0.860. The van der Waals surface area contributed by atoms with Crippen molar-refractivity contribution in [2.75, 3.05) is 11.1 Å². The molecule has 0 aliphatic carbocycles. The van der Waals surface area contributed by atoms with E-state index in [2.05, 4.69) is 17.2 Å². The van der Waals surface area contributed by atoms with Gasteiger partial charge in [0.2, 0.25) is 5.91 Å². The number of para-hydroxylation sites is 1. The SMILES string of the molecule is CCc1ccccc1NC(=O)CSc1nc(-c2ccccc2)nc2ccc(Cl)cc12. The lowest BCUT2D eigenvalue weighted by atomic mass is 10.1. The maximum atomic E-state index is 12.6. The van der Waals surface area contributed by atoms with Crippen LogP contribution in [0.15, 0.2) is 77.8 Å². The number of aryl methyl sites for hydroxylation is 1. The molecule has 0 aliphatic heterocycles. The van der Waals surface area contributed by atoms with Crippen LogP contribution in [-0.4, -0.2) is 21.6 Å². The molecule has 6 heteroatoms. The zero-order valence-electron chi connectivity index (χ0n) is 16.4. The van der Waals surface area contributed by atoms with Crippen LogP contribution in [0.25, 0.3) is 22.3 Å². The van der Waals surface area contributed by atoms with Crippen molar-refractivity contribution in [1.82, 2.24) is 9.97 Å². The Bertz CT molecular complexity index is 1200. The van der Waals surface area contributed by atoms with E-state index in [1.54, 1.807) is 0 Å². The summed E-state index contributed by atoms with van der Waals surface area (Å²) in [5.41, 5.74) is 3.69. The van der Waals surface area contributed by atoms with E-state index in [1.807, 2.05) is 72.8 Å². The summed E-state index contributed by atoms with van der Waals surface area (Å²) in [6.45, 7) is 2.07. The standard InChI is InChI=1S/C24H20ClN3OS/c1-2-16-8-6-7-11-20(16)26-22(29)15-30-24-19-14-18(25)12-13-21(19)27-23(28-24)17-9-4-3-5-10-17/h3-14H,2,15H2,1H3,(H,26,29). The molecule has 0 atom stereocenters. The summed E-state index contributed by atoms with van der Waals surface area (Å²) in [5, 5.41) is 5.20. The third-order valence-corrected chi connectivity index (χ3v) is 5.89. The second kappa shape index (κ2) is 9.28. The number of benzene rings is 3. The lowest BCUT2D eigenvalue weighted by Crippen LogP contribution is -2.15. The highest BCUT2D eigenvalue weighted by Gasteiger charge is 2.13. The molecule has 0 aliphatic rings. The molecule has 1 aromatic heterocycles. The highest BCUT2D eigenvalue weighted by atomic mass is 35.5. The number of rotatable bonds is 6. The van der Waals surface area contributed by atoms with Gasteiger partial charge < -0.3 is 5.32 Å². The van der Waals surface area contributed by atoms with Gasteiger partial charge in [-0.3, -0.25) is 4.79 Å². The molecule has 0 radical (unpaired) electrons. The van der Waals surface area contributed by atoms with E-state index in [4.69, 9.17) is 16.6 Å². The van der Waals surface area contributed by atoms with Crippen LogP contribution in [-0.2, 0) is 11.2 Å². The smallest absolute Gasteiger partial charge is 0.234 e. The van der Waals surface area contributed by atoms with Crippen LogP contribution >= 0.6 is 23.4 Å². The van der Waals surface area contributed by atoms with E-state index >= 15 is 0 Å². The minimum atomic E-state index is -0.0732. The number of hydrogen-bond acceptors (Lipinski definition) is 4. The first-order valence-corrected chi connectivity index (χ1v) is 11.0. The van der Waals surface area contributed by atoms with Crippen molar-refractivity contribution in [3.05, 3.63) is 83.4 Å². The summed E-state index contributed by atoms with van der Waals surface area (Å²) < 4.78 is 0. The van der Waals surface area contributed by atoms with Crippen molar-refractivity contribution in [3.8, 4) is 11.4 Å². The Morgan fingerprint density at radius 3 is 2.57 bits per heavy atom. The topological polar surface area (TPSA) is 54.9 Å². The summed E-state index contributed by atoms with van der Waals surface area (Å²) >= 11 is 7.59. The van der Waals surface area contributed by atoms with Crippen LogP contribution in [0.3, 0.4) is 0 Å². The summed E-state index contributed by atoms with van der Waals surface area (Å²) in [7, 11) is 0. The van der Waals surface area contributed by atoms with Gasteiger partial charge in [-0.15, -0.1) is 0 Å². The molecule has 4 nitrogen and oxygen atoms in total. The molecule has 4 rings (SSSR count). The van der Waals surface area contributed by atoms with E-state index in [0.717, 1.165) is 39.2 Å². The Hall–Kier alpha value is -2.89. The highest BCUT2D eigenvalue weighted by molar-refractivity contribution is 8.00. The van der Waals surface area contributed by atoms with Gasteiger partial charge in [-0.2, -0.15) is 0 Å². The van der Waals surface area contributed by atoms with Crippen molar-refractivity contribution >= 4 is 45.9 Å². The van der Waals surface area contributed by atoms with Gasteiger partial charge in [0.25, 0.3) is 0 Å². The molecular formula is C24H20ClN3OS. The molecule has 0 saturated heterocycles. The first-order chi connectivity index (χ1) is 14.6. The van der Waals surface area contributed by atoms with Gasteiger partial charge in [0.05, 0.1) is 11.3 Å². The second-order valence-electron chi connectivity index (χ2n) is 6.73. The molecule has 0 unspecified atom stereocenters. The minimum Gasteiger partial charge on any atom is -0.325 e. The number of hydrogen-bond donors (Lipinski definition) is 1. The Morgan fingerprint density at radius 2 is 1.77 bits per heavy atom. The molecule has 30 heavy (non-hydrogen) atoms. The minimum absolute atomic E-state index is 0.0732. The van der Waals surface area contributed by atoms with Crippen LogP contribution in [0.5, 0.6) is 0 Å². The summed E-state index contributed by atoms with van der Waals surface area (Å²) in [4.78, 5) is 22.0. The number of thioether (sulfide) groups is 1. The van der Waals surface area contributed by atoms with Gasteiger partial charge in [0.1, 0.15) is 5.03 Å². The molecular weight excluding hydrogens is 414 g/mol. The van der Waals surface area contributed by atoms with E-state index in [1.165, 1.54) is 11.8 Å². The Labute approximate surface area is 184 Å². The van der Waals surface area contributed by atoms with Crippen LogP contribution in [0, 0.1) is 0 Å². The normalized spacial score (nSPS) is 10.9. The molecule has 4 aromatic rings. The number of anilines is 1. The molecule has 0 spiro atoms. The second-order valence-corrected chi connectivity index (χ2v) is 8.13. The Balaban J connectivity index is 1.61. The predicted molar refractivity (Wildman–Crippen MR) is 125 cm³/mol. The largest absolute Gasteiger partial charge is 0.325 e. The summed E-state index contributed by atoms with van der Waals surface area (Å²) in [6, 6.07) is 23.2. The van der Waals surface area contributed by atoms with Crippen LogP contribution < -0.4 is 5.32 Å². The number of aromatic nitrogens is 2. The van der Waals surface area contributed by atoms with Crippen molar-refractivity contribution in [1.29, 1.82) is 0 Å². The van der Waals surface area contributed by atoms with Crippen molar-refractivity contribution < 1.29 is 4.79 Å². The third-order valence-electron chi connectivity index (χ3n) is 4.67. The van der Waals surface area contributed by atoms with Crippen molar-refractivity contribution in [2.24, 2.45) is 0 Å². The van der Waals surface area contributed by atoms with E-state index in [9.17, 15) is 4.79 Å². The number of carbonyl (C=O) groups is 1. The molecule has 0 fully saturated rings. The van der Waals surface area contributed by atoms with Gasteiger partial charge in [0.15, 0.2) is 5.82 Å². The first kappa shape index (κ1) is 20.4. The molecule has 1 heterocycles. The molecule has 3 aromatic carbocycles. The zero-order valence-corrected chi connectivity index (χ0v) is 18.0. The molecule has 1 N–H and O–H groups in total. The zero-order chi connectivity index (χ0) is 20.9. The fourth-order valence-electron chi connectivity index (χ4n) is 3.17. The van der Waals surface area contributed by atoms with Gasteiger partial charge in [-0.05, 0) is 36.2 Å². The number of nitrogens with zero attached hydrogens (tertiary/aromatic N) is 2. The van der Waals surface area contributed by atoms with Gasteiger partial charge in [-0.1, -0.05) is 78.8 Å². The fraction of sp³-hybridized carbons (Fsp3) is 0.125. The Kier molecular flexibility index (Phi) is 6.31. The van der Waals surface area contributed by atoms with Crippen LogP contribution in [0.4, 0.5) is 5.69 Å².